The summed E-state index contributed by atoms with van der Waals surface area (Å²) in [5.41, 5.74) is 1.02. The molecule has 2 aromatic rings. The van der Waals surface area contributed by atoms with Crippen molar-refractivity contribution < 1.29 is 24.2 Å². The Balaban J connectivity index is 0.000000806. The van der Waals surface area contributed by atoms with E-state index in [2.05, 4.69) is 4.98 Å². The topological polar surface area (TPSA) is 103 Å². The second kappa shape index (κ2) is 9.06. The van der Waals surface area contributed by atoms with E-state index in [1.807, 2.05) is 42.1 Å². The summed E-state index contributed by atoms with van der Waals surface area (Å²) in [7, 11) is 3.96. The fourth-order valence-corrected chi connectivity index (χ4v) is 4.46. The molecule has 9 heteroatoms. The van der Waals surface area contributed by atoms with Crippen LogP contribution in [-0.4, -0.2) is 78.1 Å². The number of carboxylic acid groups (broad SMARTS) is 1. The van der Waals surface area contributed by atoms with Crippen LogP contribution in [0.2, 0.25) is 5.02 Å². The molecule has 1 unspecified atom stereocenters. The summed E-state index contributed by atoms with van der Waals surface area (Å²) in [5.74, 6) is -0.130. The number of ether oxygens (including phenoxy) is 1. The van der Waals surface area contributed by atoms with Crippen LogP contribution in [0.5, 0.6) is 0 Å². The minimum absolute atomic E-state index is 0.0339. The van der Waals surface area contributed by atoms with Crippen molar-refractivity contribution in [2.24, 2.45) is 5.41 Å². The number of rotatable bonds is 3. The Morgan fingerprint density at radius 2 is 2.03 bits per heavy atom. The number of esters is 1. The normalized spacial score (nSPS) is 20.2. The van der Waals surface area contributed by atoms with Crippen LogP contribution in [0.3, 0.4) is 0 Å². The van der Waals surface area contributed by atoms with E-state index in [9.17, 15) is 9.59 Å². The van der Waals surface area contributed by atoms with Gasteiger partial charge in [0.15, 0.2) is 0 Å². The van der Waals surface area contributed by atoms with Gasteiger partial charge in [-0.3, -0.25) is 14.4 Å². The third kappa shape index (κ3) is 4.60. The van der Waals surface area contributed by atoms with Gasteiger partial charge in [-0.25, -0.2) is 0 Å². The number of cyclic esters (lactones) is 1. The van der Waals surface area contributed by atoms with Crippen molar-refractivity contribution in [1.82, 2.24) is 14.8 Å². The van der Waals surface area contributed by atoms with E-state index in [4.69, 9.17) is 26.2 Å². The summed E-state index contributed by atoms with van der Waals surface area (Å²) in [6.07, 6.45) is 2.02. The van der Waals surface area contributed by atoms with Crippen LogP contribution in [0.1, 0.15) is 29.8 Å². The lowest BCUT2D eigenvalue weighted by atomic mass is 9.76. The summed E-state index contributed by atoms with van der Waals surface area (Å²) in [4.78, 5) is 40.8. The van der Waals surface area contributed by atoms with E-state index in [0.29, 0.717) is 36.6 Å². The van der Waals surface area contributed by atoms with Crippen LogP contribution >= 0.6 is 11.6 Å². The number of hydrogen-bond donors (Lipinski definition) is 2. The Labute approximate surface area is 179 Å². The highest BCUT2D eigenvalue weighted by atomic mass is 35.5. The van der Waals surface area contributed by atoms with Crippen LogP contribution in [0.25, 0.3) is 10.9 Å². The molecule has 2 aliphatic rings. The van der Waals surface area contributed by atoms with Gasteiger partial charge in [-0.2, -0.15) is 0 Å². The second-order valence-electron chi connectivity index (χ2n) is 8.09. The van der Waals surface area contributed by atoms with Crippen LogP contribution < -0.4 is 0 Å². The van der Waals surface area contributed by atoms with Gasteiger partial charge in [0.1, 0.15) is 11.8 Å². The smallest absolute Gasteiger partial charge is 0.312 e. The van der Waals surface area contributed by atoms with E-state index in [0.717, 1.165) is 23.9 Å². The Hall–Kier alpha value is -2.58. The molecule has 0 bridgehead atoms. The first-order chi connectivity index (χ1) is 14.3. The first-order valence-corrected chi connectivity index (χ1v) is 10.2. The molecule has 3 heterocycles. The number of fused-ring (bicyclic) bond motifs is 1. The van der Waals surface area contributed by atoms with E-state index in [1.54, 1.807) is 6.07 Å². The molecule has 1 spiro atoms. The van der Waals surface area contributed by atoms with Crippen molar-refractivity contribution in [1.29, 1.82) is 0 Å². The van der Waals surface area contributed by atoms with Crippen molar-refractivity contribution in [3.63, 3.8) is 0 Å². The number of aromatic nitrogens is 1. The lowest BCUT2D eigenvalue weighted by Crippen LogP contribution is -2.45. The van der Waals surface area contributed by atoms with Gasteiger partial charge in [0.2, 0.25) is 0 Å². The van der Waals surface area contributed by atoms with Gasteiger partial charge in [0.25, 0.3) is 12.4 Å². The third-order valence-corrected chi connectivity index (χ3v) is 5.95. The molecule has 2 N–H and O–H groups in total. The Bertz CT molecular complexity index is 934. The minimum Gasteiger partial charge on any atom is -0.483 e. The van der Waals surface area contributed by atoms with Crippen molar-refractivity contribution >= 4 is 40.9 Å². The summed E-state index contributed by atoms with van der Waals surface area (Å²) < 4.78 is 5.59. The lowest BCUT2D eigenvalue weighted by Gasteiger charge is -2.36. The largest absolute Gasteiger partial charge is 0.483 e. The number of halogens is 1. The Kier molecular flexibility index (Phi) is 6.67. The van der Waals surface area contributed by atoms with Crippen LogP contribution in [0.4, 0.5) is 0 Å². The molecule has 1 aromatic carbocycles. The fourth-order valence-electron chi connectivity index (χ4n) is 4.28. The van der Waals surface area contributed by atoms with Crippen LogP contribution in [0, 0.1) is 5.41 Å². The van der Waals surface area contributed by atoms with E-state index < -0.39 is 5.41 Å². The summed E-state index contributed by atoms with van der Waals surface area (Å²) >= 11 is 6.03. The van der Waals surface area contributed by atoms with Gasteiger partial charge < -0.3 is 24.6 Å². The zero-order chi connectivity index (χ0) is 21.9. The van der Waals surface area contributed by atoms with Gasteiger partial charge in [0, 0.05) is 42.0 Å². The molecular formula is C21H26ClN3O5. The van der Waals surface area contributed by atoms with Crippen LogP contribution in [-0.2, 0) is 14.3 Å². The summed E-state index contributed by atoms with van der Waals surface area (Å²) in [6.45, 7) is 1.63. The molecule has 30 heavy (non-hydrogen) atoms. The quantitative estimate of drug-likeness (QED) is 0.567. The molecule has 0 saturated carbocycles. The van der Waals surface area contributed by atoms with E-state index in [1.165, 1.54) is 0 Å². The van der Waals surface area contributed by atoms with E-state index in [-0.39, 0.29) is 24.5 Å². The average molecular weight is 436 g/mol. The molecule has 0 aliphatic carbocycles. The molecule has 2 fully saturated rings. The van der Waals surface area contributed by atoms with Crippen LogP contribution in [0.15, 0.2) is 24.3 Å². The zero-order valence-corrected chi connectivity index (χ0v) is 17.8. The van der Waals surface area contributed by atoms with Crippen molar-refractivity contribution in [2.75, 3.05) is 33.7 Å². The van der Waals surface area contributed by atoms with Gasteiger partial charge >= 0.3 is 5.97 Å². The molecule has 1 amide bonds. The number of likely N-dealkylation sites (tertiary alicyclic amines) is 1. The molecule has 1 atom stereocenters. The number of amides is 1. The number of nitrogens with zero attached hydrogens (tertiary/aromatic N) is 2. The number of carbonyl (C=O) groups excluding carboxylic acids is 2. The molecule has 2 saturated heterocycles. The minimum atomic E-state index is -0.425. The first-order valence-electron chi connectivity index (χ1n) is 9.79. The first kappa shape index (κ1) is 22.1. The standard InChI is InChI=1S/C20H24ClN3O3.CH2O2/c1-23(2)12-15-11-20(19(26)27-15)5-7-24(8-6-20)18(25)17-10-13-9-14(21)3-4-16(13)22-17;2-1-3/h3-4,9-10,15,22H,5-8,11-12H2,1-2H3;1H,(H,2,3). The molecule has 8 nitrogen and oxygen atoms in total. The molecule has 4 rings (SSSR count). The highest BCUT2D eigenvalue weighted by Crippen LogP contribution is 2.43. The van der Waals surface area contributed by atoms with Gasteiger partial charge in [-0.15, -0.1) is 0 Å². The van der Waals surface area contributed by atoms with Gasteiger partial charge in [-0.1, -0.05) is 11.6 Å². The number of benzene rings is 1. The fraction of sp³-hybridized carbons (Fsp3) is 0.476. The van der Waals surface area contributed by atoms with Gasteiger partial charge in [-0.05, 0) is 51.2 Å². The number of piperidine rings is 1. The predicted octanol–water partition coefficient (Wildman–Crippen LogP) is 2.62. The highest BCUT2D eigenvalue weighted by Gasteiger charge is 2.50. The maximum absolute atomic E-state index is 12.9. The molecular weight excluding hydrogens is 410 g/mol. The number of nitrogens with one attached hydrogen (secondary N) is 1. The van der Waals surface area contributed by atoms with E-state index >= 15 is 0 Å². The number of aromatic amines is 1. The highest BCUT2D eigenvalue weighted by molar-refractivity contribution is 6.31. The molecule has 0 radical (unpaired) electrons. The number of likely N-dealkylation sites (N-methyl/N-ethyl adjacent to an activating group) is 1. The molecule has 162 valence electrons. The van der Waals surface area contributed by atoms with Crippen molar-refractivity contribution in [2.45, 2.75) is 25.4 Å². The summed E-state index contributed by atoms with van der Waals surface area (Å²) in [5, 5.41) is 8.46. The number of hydrogen-bond acceptors (Lipinski definition) is 5. The average Bonchev–Trinajstić information content (AvgIpc) is 3.23. The number of carbonyl (C=O) groups is 3. The maximum atomic E-state index is 12.9. The SMILES string of the molecule is CN(C)CC1CC2(CCN(C(=O)c3cc4cc(Cl)ccc4[nH]3)CC2)C(=O)O1.O=CO. The lowest BCUT2D eigenvalue weighted by molar-refractivity contribution is -0.150. The maximum Gasteiger partial charge on any atom is 0.312 e. The Morgan fingerprint density at radius 1 is 1.37 bits per heavy atom. The predicted molar refractivity (Wildman–Crippen MR) is 113 cm³/mol. The van der Waals surface area contributed by atoms with Crippen molar-refractivity contribution in [3.05, 3.63) is 35.0 Å². The molecule has 2 aliphatic heterocycles. The Morgan fingerprint density at radius 3 is 2.67 bits per heavy atom. The monoisotopic (exact) mass is 435 g/mol. The van der Waals surface area contributed by atoms with Crippen molar-refractivity contribution in [3.8, 4) is 0 Å². The molecule has 1 aromatic heterocycles. The second-order valence-corrected chi connectivity index (χ2v) is 8.52. The third-order valence-electron chi connectivity index (χ3n) is 5.71. The van der Waals surface area contributed by atoms with Gasteiger partial charge in [0.05, 0.1) is 5.41 Å². The zero-order valence-electron chi connectivity index (χ0n) is 17.1. The summed E-state index contributed by atoms with van der Waals surface area (Å²) in [6, 6.07) is 7.36. The number of H-pyrrole nitrogens is 1.